The molecule has 5 heterocycles. The number of ether oxygens (including phenoxy) is 1. The van der Waals surface area contributed by atoms with Gasteiger partial charge in [-0.05, 0) is 56.2 Å². The van der Waals surface area contributed by atoms with Gasteiger partial charge in [0, 0.05) is 31.1 Å². The summed E-state index contributed by atoms with van der Waals surface area (Å²) in [7, 11) is 1.29. The lowest BCUT2D eigenvalue weighted by atomic mass is 10.0. The van der Waals surface area contributed by atoms with E-state index in [1.54, 1.807) is 35.3 Å². The molecular formula is C40H46N10O5. The molecule has 2 fully saturated rings. The van der Waals surface area contributed by atoms with Gasteiger partial charge in [-0.1, -0.05) is 44.2 Å². The zero-order valence-corrected chi connectivity index (χ0v) is 31.6. The molecule has 15 nitrogen and oxygen atoms in total. The van der Waals surface area contributed by atoms with E-state index in [0.29, 0.717) is 24.7 Å². The normalized spacial score (nSPS) is 18.1. The summed E-state index contributed by atoms with van der Waals surface area (Å²) in [6, 6.07) is 12.2. The molecule has 2 aromatic carbocycles. The monoisotopic (exact) mass is 746 g/mol. The van der Waals surface area contributed by atoms with Crippen LogP contribution < -0.4 is 10.6 Å². The van der Waals surface area contributed by atoms with E-state index in [9.17, 15) is 19.2 Å². The van der Waals surface area contributed by atoms with Crippen molar-refractivity contribution in [2.75, 3.05) is 20.2 Å². The fourth-order valence-electron chi connectivity index (χ4n) is 7.57. The van der Waals surface area contributed by atoms with Gasteiger partial charge >= 0.3 is 6.09 Å². The molecule has 55 heavy (non-hydrogen) atoms. The third-order valence-corrected chi connectivity index (χ3v) is 10.4. The van der Waals surface area contributed by atoms with E-state index in [0.717, 1.165) is 70.5 Å². The second-order valence-corrected chi connectivity index (χ2v) is 14.6. The minimum Gasteiger partial charge on any atom is -0.453 e. The van der Waals surface area contributed by atoms with Crippen LogP contribution >= 0.6 is 0 Å². The molecule has 4 amide bonds. The standard InChI is InChI=1S/C40H46N10O5/c1-22(2)35(48-40(54)55-5)39(53)50-17-7-9-34(50)37-42-20-31(46-37)26-12-10-25(11-13-26)30-19-41-29-18-27(14-15-28(29)45-30)32-21-43-36(47-32)33-8-6-16-49(33)38(52)23(3)44-24(4)51/h10-15,18-23,33-35H,6-9,16-17H2,1-5H3,(H,42,46)(H,43,47)(H,44,51)(H,48,54)/t23-,33+,34+,35+/m1/s1. The van der Waals surface area contributed by atoms with Gasteiger partial charge in [0.25, 0.3) is 0 Å². The molecule has 286 valence electrons. The number of fused-ring (bicyclic) bond motifs is 1. The molecule has 0 spiro atoms. The second kappa shape index (κ2) is 15.7. The fourth-order valence-corrected chi connectivity index (χ4v) is 7.57. The zero-order chi connectivity index (χ0) is 38.8. The lowest BCUT2D eigenvalue weighted by molar-refractivity contribution is -0.136. The van der Waals surface area contributed by atoms with Gasteiger partial charge in [-0.25, -0.2) is 19.7 Å². The number of aromatic amines is 2. The van der Waals surface area contributed by atoms with E-state index in [-0.39, 0.29) is 35.7 Å². The van der Waals surface area contributed by atoms with Crippen LogP contribution in [0.5, 0.6) is 0 Å². The molecule has 0 bridgehead atoms. The van der Waals surface area contributed by atoms with Crippen LogP contribution in [0.15, 0.2) is 61.1 Å². The number of aromatic nitrogens is 6. The summed E-state index contributed by atoms with van der Waals surface area (Å²) in [4.78, 5) is 79.4. The molecule has 3 aromatic heterocycles. The summed E-state index contributed by atoms with van der Waals surface area (Å²) >= 11 is 0. The highest BCUT2D eigenvalue weighted by atomic mass is 16.5. The zero-order valence-electron chi connectivity index (χ0n) is 31.6. The first kappa shape index (κ1) is 37.2. The molecule has 0 radical (unpaired) electrons. The Kier molecular flexibility index (Phi) is 10.6. The first-order valence-electron chi connectivity index (χ1n) is 18.7. The maximum absolute atomic E-state index is 13.5. The van der Waals surface area contributed by atoms with Gasteiger partial charge in [0.2, 0.25) is 17.7 Å². The van der Waals surface area contributed by atoms with Crippen molar-refractivity contribution in [3.63, 3.8) is 0 Å². The van der Waals surface area contributed by atoms with Gasteiger partial charge in [0.1, 0.15) is 23.7 Å². The third kappa shape index (κ3) is 7.77. The average Bonchev–Trinajstić information content (AvgIpc) is 4.02. The summed E-state index contributed by atoms with van der Waals surface area (Å²) in [5.41, 5.74) is 6.63. The van der Waals surface area contributed by atoms with Crippen LogP contribution in [-0.2, 0) is 19.1 Å². The highest BCUT2D eigenvalue weighted by molar-refractivity contribution is 5.88. The van der Waals surface area contributed by atoms with Crippen molar-refractivity contribution in [3.8, 4) is 33.8 Å². The van der Waals surface area contributed by atoms with Gasteiger partial charge < -0.3 is 35.1 Å². The Balaban J connectivity index is 1.03. The van der Waals surface area contributed by atoms with Crippen LogP contribution in [-0.4, -0.2) is 95.8 Å². The van der Waals surface area contributed by atoms with Crippen molar-refractivity contribution in [2.45, 2.75) is 77.5 Å². The van der Waals surface area contributed by atoms with Crippen LogP contribution in [0.2, 0.25) is 0 Å². The average molecular weight is 747 g/mol. The molecule has 0 aliphatic carbocycles. The quantitative estimate of drug-likeness (QED) is 0.147. The Morgan fingerprint density at radius 1 is 0.745 bits per heavy atom. The number of hydrogen-bond acceptors (Lipinski definition) is 9. The predicted octanol–water partition coefficient (Wildman–Crippen LogP) is 5.31. The van der Waals surface area contributed by atoms with E-state index < -0.39 is 18.2 Å². The second-order valence-electron chi connectivity index (χ2n) is 14.6. The van der Waals surface area contributed by atoms with E-state index in [2.05, 4.69) is 30.6 Å². The molecule has 2 saturated heterocycles. The van der Waals surface area contributed by atoms with Crippen molar-refractivity contribution in [1.82, 2.24) is 50.3 Å². The number of carbonyl (C=O) groups excluding carboxylic acids is 4. The van der Waals surface area contributed by atoms with Crippen molar-refractivity contribution in [1.29, 1.82) is 0 Å². The molecular weight excluding hydrogens is 701 g/mol. The molecule has 4 N–H and O–H groups in total. The number of likely N-dealkylation sites (tertiary alicyclic amines) is 2. The van der Waals surface area contributed by atoms with E-state index in [1.807, 2.05) is 56.3 Å². The van der Waals surface area contributed by atoms with Crippen molar-refractivity contribution in [2.24, 2.45) is 5.92 Å². The number of rotatable bonds is 10. The Labute approximate surface area is 318 Å². The lowest BCUT2D eigenvalue weighted by Crippen LogP contribution is -2.51. The lowest BCUT2D eigenvalue weighted by Gasteiger charge is -2.30. The number of alkyl carbamates (subject to hydrolysis) is 1. The minimum absolute atomic E-state index is 0.110. The molecule has 0 unspecified atom stereocenters. The molecule has 2 aliphatic rings. The van der Waals surface area contributed by atoms with Crippen molar-refractivity contribution < 1.29 is 23.9 Å². The van der Waals surface area contributed by atoms with Crippen LogP contribution in [0.3, 0.4) is 0 Å². The van der Waals surface area contributed by atoms with Gasteiger partial charge in [-0.2, -0.15) is 0 Å². The number of carbonyl (C=O) groups is 4. The van der Waals surface area contributed by atoms with E-state index in [1.165, 1.54) is 14.0 Å². The summed E-state index contributed by atoms with van der Waals surface area (Å²) in [6.07, 6.45) is 7.96. The maximum Gasteiger partial charge on any atom is 0.407 e. The summed E-state index contributed by atoms with van der Waals surface area (Å²) in [5.74, 6) is 0.810. The van der Waals surface area contributed by atoms with Gasteiger partial charge in [-0.15, -0.1) is 0 Å². The van der Waals surface area contributed by atoms with Gasteiger partial charge in [0.15, 0.2) is 0 Å². The van der Waals surface area contributed by atoms with Crippen LogP contribution in [0.4, 0.5) is 4.79 Å². The Morgan fingerprint density at radius 3 is 1.93 bits per heavy atom. The minimum atomic E-state index is -0.694. The Morgan fingerprint density at radius 2 is 1.33 bits per heavy atom. The highest BCUT2D eigenvalue weighted by Gasteiger charge is 2.38. The highest BCUT2D eigenvalue weighted by Crippen LogP contribution is 2.34. The number of methoxy groups -OCH3 is 1. The Hall–Kier alpha value is -6.12. The molecule has 5 aromatic rings. The molecule has 7 rings (SSSR count). The Bertz CT molecular complexity index is 2210. The number of hydrogen-bond donors (Lipinski definition) is 4. The number of amides is 4. The number of nitrogens with zero attached hydrogens (tertiary/aromatic N) is 6. The van der Waals surface area contributed by atoms with E-state index >= 15 is 0 Å². The number of imidazole rings is 2. The molecule has 0 saturated carbocycles. The summed E-state index contributed by atoms with van der Waals surface area (Å²) < 4.78 is 4.75. The third-order valence-electron chi connectivity index (χ3n) is 10.4. The topological polar surface area (TPSA) is 191 Å². The predicted molar refractivity (Wildman–Crippen MR) is 205 cm³/mol. The molecule has 2 aliphatic heterocycles. The first-order chi connectivity index (χ1) is 26.5. The van der Waals surface area contributed by atoms with Crippen molar-refractivity contribution >= 4 is 34.8 Å². The van der Waals surface area contributed by atoms with Crippen LogP contribution in [0.25, 0.3) is 44.8 Å². The molecule has 15 heteroatoms. The largest absolute Gasteiger partial charge is 0.453 e. The summed E-state index contributed by atoms with van der Waals surface area (Å²) in [5, 5.41) is 5.38. The SMILES string of the molecule is COC(=O)N[C@H](C(=O)N1CCC[C@H]1c1ncc(-c2ccc(-c3cnc4cc(-c5cnc([C@@H]6CCCN6C(=O)[C@@H](C)NC(C)=O)[nH]5)ccc4n3)cc2)[nH]1)C(C)C. The van der Waals surface area contributed by atoms with Crippen LogP contribution in [0.1, 0.15) is 77.1 Å². The smallest absolute Gasteiger partial charge is 0.407 e. The summed E-state index contributed by atoms with van der Waals surface area (Å²) in [6.45, 7) is 8.11. The van der Waals surface area contributed by atoms with Crippen molar-refractivity contribution in [3.05, 3.63) is 72.7 Å². The number of nitrogens with one attached hydrogen (secondary N) is 4. The van der Waals surface area contributed by atoms with Crippen LogP contribution in [0, 0.1) is 5.92 Å². The first-order valence-corrected chi connectivity index (χ1v) is 18.7. The van der Waals surface area contributed by atoms with Gasteiger partial charge in [0.05, 0.1) is 65.9 Å². The maximum atomic E-state index is 13.5. The molecule has 4 atom stereocenters. The number of H-pyrrole nitrogens is 2. The number of benzene rings is 2. The fraction of sp³-hybridized carbons (Fsp3) is 0.400. The van der Waals surface area contributed by atoms with Gasteiger partial charge in [-0.3, -0.25) is 19.4 Å². The van der Waals surface area contributed by atoms with E-state index in [4.69, 9.17) is 14.7 Å².